The van der Waals surface area contributed by atoms with Crippen LogP contribution in [0.3, 0.4) is 0 Å². The van der Waals surface area contributed by atoms with Crippen LogP contribution in [0.2, 0.25) is 5.28 Å². The molecule has 0 bridgehead atoms. The van der Waals surface area contributed by atoms with E-state index >= 15 is 0 Å². The summed E-state index contributed by atoms with van der Waals surface area (Å²) in [4.78, 5) is 18.9. The van der Waals surface area contributed by atoms with Crippen molar-refractivity contribution in [2.24, 2.45) is 22.7 Å². The van der Waals surface area contributed by atoms with E-state index in [4.69, 9.17) is 22.9 Å². The van der Waals surface area contributed by atoms with E-state index in [0.717, 1.165) is 19.0 Å². The predicted octanol–water partition coefficient (Wildman–Crippen LogP) is 3.01. The fraction of sp³-hybridized carbons (Fsp3) is 0.643. The molecule has 1 aromatic heterocycles. The van der Waals surface area contributed by atoms with Gasteiger partial charge in [-0.1, -0.05) is 20.3 Å². The molecule has 0 radical (unpaired) electrons. The van der Waals surface area contributed by atoms with Crippen molar-refractivity contribution >= 4 is 23.3 Å². The average Bonchev–Trinajstić information content (AvgIpc) is 2.52. The van der Waals surface area contributed by atoms with E-state index in [2.05, 4.69) is 20.4 Å². The molecular formula is C14H22ClFN6O. The lowest BCUT2D eigenvalue weighted by molar-refractivity contribution is -0.121. The second-order valence-electron chi connectivity index (χ2n) is 5.46. The average molecular weight is 345 g/mol. The Morgan fingerprint density at radius 1 is 1.61 bits per heavy atom. The van der Waals surface area contributed by atoms with Crippen molar-refractivity contribution in [2.75, 3.05) is 11.9 Å². The number of amides is 1. The van der Waals surface area contributed by atoms with Gasteiger partial charge in [0.25, 0.3) is 0 Å². The number of aromatic nitrogens is 2. The third kappa shape index (κ3) is 6.05. The SMILES string of the molecule is CCC(CCN=N)C[C@@H](Nc1nc(Cl)ncc1F)C(C)C(N)=O. The van der Waals surface area contributed by atoms with Gasteiger partial charge in [-0.15, -0.1) is 0 Å². The summed E-state index contributed by atoms with van der Waals surface area (Å²) in [5.41, 5.74) is 12.3. The quantitative estimate of drug-likeness (QED) is 0.446. The highest BCUT2D eigenvalue weighted by Gasteiger charge is 2.26. The molecule has 0 saturated carbocycles. The molecule has 0 saturated heterocycles. The third-order valence-electron chi connectivity index (χ3n) is 3.90. The first-order valence-corrected chi connectivity index (χ1v) is 7.83. The largest absolute Gasteiger partial charge is 0.369 e. The van der Waals surface area contributed by atoms with Crippen molar-refractivity contribution in [1.82, 2.24) is 9.97 Å². The number of carbonyl (C=O) groups is 1. The summed E-state index contributed by atoms with van der Waals surface area (Å²) in [6.45, 7) is 4.12. The van der Waals surface area contributed by atoms with Crippen LogP contribution in [0.15, 0.2) is 11.3 Å². The number of nitrogens with zero attached hydrogens (tertiary/aromatic N) is 3. The number of halogens is 2. The number of anilines is 1. The zero-order valence-electron chi connectivity index (χ0n) is 13.2. The summed E-state index contributed by atoms with van der Waals surface area (Å²) >= 11 is 5.69. The van der Waals surface area contributed by atoms with Crippen LogP contribution in [0.5, 0.6) is 0 Å². The topological polar surface area (TPSA) is 117 Å². The zero-order valence-corrected chi connectivity index (χ0v) is 14.0. The van der Waals surface area contributed by atoms with E-state index in [9.17, 15) is 9.18 Å². The van der Waals surface area contributed by atoms with Crippen molar-refractivity contribution in [1.29, 1.82) is 5.53 Å². The third-order valence-corrected chi connectivity index (χ3v) is 4.09. The Kier molecular flexibility index (Phi) is 7.80. The van der Waals surface area contributed by atoms with Gasteiger partial charge >= 0.3 is 0 Å². The first kappa shape index (κ1) is 19.2. The highest BCUT2D eigenvalue weighted by Crippen LogP contribution is 2.24. The standard InChI is InChI=1S/C14H22ClFN6O/c1-3-9(4-5-20-18)6-11(8(2)12(17)23)21-13-10(16)7-19-14(15)22-13/h7-9,11,18H,3-6H2,1-2H3,(H2,17,23)(H,19,21,22)/t8?,9?,11-/m1/s1. The molecule has 1 amide bonds. The monoisotopic (exact) mass is 344 g/mol. The fourth-order valence-electron chi connectivity index (χ4n) is 2.30. The summed E-state index contributed by atoms with van der Waals surface area (Å²) in [5.74, 6) is -1.48. The van der Waals surface area contributed by atoms with Crippen LogP contribution >= 0.6 is 11.6 Å². The Bertz CT molecular complexity index is 544. The second-order valence-corrected chi connectivity index (χ2v) is 5.80. The minimum Gasteiger partial charge on any atom is -0.369 e. The second kappa shape index (κ2) is 9.34. The van der Waals surface area contributed by atoms with Gasteiger partial charge in [-0.05, 0) is 30.4 Å². The molecule has 4 N–H and O–H groups in total. The normalized spacial score (nSPS) is 14.8. The molecule has 23 heavy (non-hydrogen) atoms. The fourth-order valence-corrected chi connectivity index (χ4v) is 2.44. The number of rotatable bonds is 10. The molecule has 0 aliphatic rings. The van der Waals surface area contributed by atoms with E-state index in [1.165, 1.54) is 0 Å². The molecule has 0 fully saturated rings. The summed E-state index contributed by atoms with van der Waals surface area (Å²) < 4.78 is 13.8. The molecule has 0 aliphatic heterocycles. The molecule has 0 aliphatic carbocycles. The van der Waals surface area contributed by atoms with Crippen LogP contribution in [0.25, 0.3) is 0 Å². The van der Waals surface area contributed by atoms with Gasteiger partial charge in [0.15, 0.2) is 11.6 Å². The molecule has 2 unspecified atom stereocenters. The molecule has 3 atom stereocenters. The Hall–Kier alpha value is -1.83. The van der Waals surface area contributed by atoms with Crippen molar-refractivity contribution in [3.63, 3.8) is 0 Å². The summed E-state index contributed by atoms with van der Waals surface area (Å²) in [7, 11) is 0. The van der Waals surface area contributed by atoms with Crippen molar-refractivity contribution in [3.8, 4) is 0 Å². The maximum absolute atomic E-state index is 13.8. The first-order valence-electron chi connectivity index (χ1n) is 7.46. The van der Waals surface area contributed by atoms with Gasteiger partial charge in [0.05, 0.1) is 18.7 Å². The molecule has 1 aromatic rings. The van der Waals surface area contributed by atoms with Gasteiger partial charge in [-0.3, -0.25) is 4.79 Å². The minimum absolute atomic E-state index is 0.0527. The molecule has 1 rings (SSSR count). The lowest BCUT2D eigenvalue weighted by Crippen LogP contribution is -2.38. The van der Waals surface area contributed by atoms with Crippen molar-refractivity contribution in [2.45, 2.75) is 39.2 Å². The van der Waals surface area contributed by atoms with Crippen LogP contribution in [0, 0.1) is 23.2 Å². The lowest BCUT2D eigenvalue weighted by Gasteiger charge is -2.27. The highest BCUT2D eigenvalue weighted by molar-refractivity contribution is 6.28. The lowest BCUT2D eigenvalue weighted by atomic mass is 9.87. The molecule has 7 nitrogen and oxygen atoms in total. The Labute approximate surface area is 139 Å². The zero-order chi connectivity index (χ0) is 17.4. The first-order chi connectivity index (χ1) is 10.9. The van der Waals surface area contributed by atoms with Crippen molar-refractivity contribution in [3.05, 3.63) is 17.3 Å². The minimum atomic E-state index is -0.648. The van der Waals surface area contributed by atoms with Gasteiger partial charge < -0.3 is 11.1 Å². The molecule has 1 heterocycles. The van der Waals surface area contributed by atoms with Crippen LogP contribution in [-0.4, -0.2) is 28.5 Å². The number of nitrogens with two attached hydrogens (primary N) is 1. The van der Waals surface area contributed by atoms with Gasteiger partial charge in [0.1, 0.15) is 0 Å². The summed E-state index contributed by atoms with van der Waals surface area (Å²) in [6.07, 6.45) is 3.12. The summed E-state index contributed by atoms with van der Waals surface area (Å²) in [6, 6.07) is -0.399. The van der Waals surface area contributed by atoms with Crippen LogP contribution in [0.1, 0.15) is 33.1 Å². The van der Waals surface area contributed by atoms with Gasteiger partial charge in [0.2, 0.25) is 11.2 Å². The molecule has 0 aromatic carbocycles. The van der Waals surface area contributed by atoms with Crippen LogP contribution in [0.4, 0.5) is 10.2 Å². The van der Waals surface area contributed by atoms with Gasteiger partial charge in [-0.25, -0.2) is 14.9 Å². The Morgan fingerprint density at radius 2 is 2.30 bits per heavy atom. The number of nitrogens with one attached hydrogen (secondary N) is 2. The van der Waals surface area contributed by atoms with E-state index in [-0.39, 0.29) is 17.0 Å². The van der Waals surface area contributed by atoms with Gasteiger partial charge in [0, 0.05) is 6.04 Å². The number of hydrogen-bond acceptors (Lipinski definition) is 6. The van der Waals surface area contributed by atoms with Crippen molar-refractivity contribution < 1.29 is 9.18 Å². The Balaban J connectivity index is 2.93. The van der Waals surface area contributed by atoms with Gasteiger partial charge in [-0.2, -0.15) is 10.1 Å². The summed E-state index contributed by atoms with van der Waals surface area (Å²) in [5, 5.41) is 6.20. The number of hydrogen-bond donors (Lipinski definition) is 3. The number of primary amides is 1. The maximum atomic E-state index is 13.8. The number of carbonyl (C=O) groups excluding carboxylic acids is 1. The Morgan fingerprint density at radius 3 is 2.87 bits per heavy atom. The van der Waals surface area contributed by atoms with Crippen LogP contribution in [-0.2, 0) is 4.79 Å². The molecule has 9 heteroatoms. The van der Waals surface area contributed by atoms with E-state index < -0.39 is 23.7 Å². The highest BCUT2D eigenvalue weighted by atomic mass is 35.5. The predicted molar refractivity (Wildman–Crippen MR) is 85.8 cm³/mol. The van der Waals surface area contributed by atoms with E-state index in [1.54, 1.807) is 6.92 Å². The van der Waals surface area contributed by atoms with Crippen LogP contribution < -0.4 is 11.1 Å². The smallest absolute Gasteiger partial charge is 0.224 e. The van der Waals surface area contributed by atoms with E-state index in [0.29, 0.717) is 13.0 Å². The molecule has 0 spiro atoms. The maximum Gasteiger partial charge on any atom is 0.224 e. The molecular weight excluding hydrogens is 323 g/mol. The molecule has 128 valence electrons. The van der Waals surface area contributed by atoms with E-state index in [1.807, 2.05) is 6.92 Å².